The molecule has 1 aliphatic rings. The van der Waals surface area contributed by atoms with E-state index in [-0.39, 0.29) is 5.92 Å². The van der Waals surface area contributed by atoms with Crippen LogP contribution in [0.15, 0.2) is 0 Å². The number of aliphatic carboxylic acids is 1. The van der Waals surface area contributed by atoms with Gasteiger partial charge in [-0.3, -0.25) is 4.79 Å². The minimum absolute atomic E-state index is 0.0789. The van der Waals surface area contributed by atoms with E-state index in [1.165, 1.54) is 0 Å². The lowest BCUT2D eigenvalue weighted by Gasteiger charge is -2.29. The van der Waals surface area contributed by atoms with Crippen LogP contribution in [-0.2, 0) is 9.59 Å². The fourth-order valence-electron chi connectivity index (χ4n) is 2.27. The lowest BCUT2D eigenvalue weighted by Crippen LogP contribution is -2.54. The van der Waals surface area contributed by atoms with E-state index in [0.29, 0.717) is 12.8 Å². The highest BCUT2D eigenvalue weighted by molar-refractivity contribution is 5.82. The number of hydrogen-bond acceptors (Lipinski definition) is 2. The maximum absolute atomic E-state index is 11.1. The smallest absolute Gasteiger partial charge is 0.329 e. The summed E-state index contributed by atoms with van der Waals surface area (Å²) in [5, 5.41) is 11.6. The molecule has 0 aromatic rings. The van der Waals surface area contributed by atoms with Gasteiger partial charge in [-0.1, -0.05) is 19.8 Å². The molecular weight excluding hydrogens is 170 g/mol. The molecule has 74 valence electrons. The molecule has 0 saturated heterocycles. The minimum atomic E-state index is -0.990. The van der Waals surface area contributed by atoms with Gasteiger partial charge < -0.3 is 10.4 Å². The van der Waals surface area contributed by atoms with Crippen LogP contribution in [0.2, 0.25) is 0 Å². The van der Waals surface area contributed by atoms with Crippen molar-refractivity contribution in [2.45, 2.75) is 38.1 Å². The number of carboxylic acid groups (broad SMARTS) is 1. The first-order chi connectivity index (χ1) is 6.17. The SMILES string of the molecule is CCC1CCCC1(NC=O)C(=O)O. The summed E-state index contributed by atoms with van der Waals surface area (Å²) < 4.78 is 0. The number of carboxylic acids is 1. The van der Waals surface area contributed by atoms with Crippen molar-refractivity contribution in [1.29, 1.82) is 0 Å². The van der Waals surface area contributed by atoms with Crippen molar-refractivity contribution in [3.63, 3.8) is 0 Å². The van der Waals surface area contributed by atoms with Crippen molar-refractivity contribution in [3.05, 3.63) is 0 Å². The van der Waals surface area contributed by atoms with Crippen LogP contribution in [0.25, 0.3) is 0 Å². The van der Waals surface area contributed by atoms with E-state index < -0.39 is 11.5 Å². The van der Waals surface area contributed by atoms with Crippen LogP contribution in [0.4, 0.5) is 0 Å². The van der Waals surface area contributed by atoms with Gasteiger partial charge in [-0.25, -0.2) is 4.79 Å². The number of nitrogens with one attached hydrogen (secondary N) is 1. The first-order valence-electron chi connectivity index (χ1n) is 4.62. The van der Waals surface area contributed by atoms with Crippen LogP contribution < -0.4 is 5.32 Å². The minimum Gasteiger partial charge on any atom is -0.479 e. The Balaban J connectivity index is 2.87. The molecule has 0 heterocycles. The average molecular weight is 185 g/mol. The molecule has 1 saturated carbocycles. The summed E-state index contributed by atoms with van der Waals surface area (Å²) in [5.41, 5.74) is -0.990. The van der Waals surface area contributed by atoms with Gasteiger partial charge in [0.25, 0.3) is 0 Å². The van der Waals surface area contributed by atoms with Crippen LogP contribution >= 0.6 is 0 Å². The van der Waals surface area contributed by atoms with Gasteiger partial charge in [0.05, 0.1) is 0 Å². The van der Waals surface area contributed by atoms with Crippen molar-refractivity contribution >= 4 is 12.4 Å². The highest BCUT2D eigenvalue weighted by Crippen LogP contribution is 2.37. The van der Waals surface area contributed by atoms with Crippen molar-refractivity contribution < 1.29 is 14.7 Å². The zero-order valence-electron chi connectivity index (χ0n) is 7.75. The summed E-state index contributed by atoms with van der Waals surface area (Å²) in [4.78, 5) is 21.4. The lowest BCUT2D eigenvalue weighted by atomic mass is 9.85. The highest BCUT2D eigenvalue weighted by atomic mass is 16.4. The van der Waals surface area contributed by atoms with Gasteiger partial charge in [0, 0.05) is 0 Å². The molecular formula is C9H15NO3. The Hall–Kier alpha value is -1.06. The molecule has 1 rings (SSSR count). The summed E-state index contributed by atoms with van der Waals surface area (Å²) >= 11 is 0. The number of amides is 1. The molecule has 1 amide bonds. The second-order valence-corrected chi connectivity index (χ2v) is 3.54. The third kappa shape index (κ3) is 1.53. The third-order valence-corrected chi connectivity index (χ3v) is 3.01. The van der Waals surface area contributed by atoms with E-state index in [0.717, 1.165) is 19.3 Å². The molecule has 4 heteroatoms. The first-order valence-corrected chi connectivity index (χ1v) is 4.62. The topological polar surface area (TPSA) is 66.4 Å². The van der Waals surface area contributed by atoms with Crippen LogP contribution in [0.3, 0.4) is 0 Å². The standard InChI is InChI=1S/C9H15NO3/c1-2-7-4-3-5-9(7,8(12)13)10-6-11/h6-7H,2-5H2,1H3,(H,10,11)(H,12,13). The maximum Gasteiger partial charge on any atom is 0.329 e. The first kappa shape index (κ1) is 10.0. The van der Waals surface area contributed by atoms with Gasteiger partial charge in [0.15, 0.2) is 0 Å². The van der Waals surface area contributed by atoms with Gasteiger partial charge in [-0.05, 0) is 18.8 Å². The highest BCUT2D eigenvalue weighted by Gasteiger charge is 2.48. The fraction of sp³-hybridized carbons (Fsp3) is 0.778. The Morgan fingerprint density at radius 3 is 2.92 bits per heavy atom. The lowest BCUT2D eigenvalue weighted by molar-refractivity contribution is -0.148. The van der Waals surface area contributed by atoms with E-state index in [1.807, 2.05) is 6.92 Å². The van der Waals surface area contributed by atoms with Crippen LogP contribution in [-0.4, -0.2) is 23.0 Å². The predicted octanol–water partition coefficient (Wildman–Crippen LogP) is 0.766. The van der Waals surface area contributed by atoms with Gasteiger partial charge in [0.2, 0.25) is 6.41 Å². The molecule has 0 bridgehead atoms. The van der Waals surface area contributed by atoms with Gasteiger partial charge in [-0.15, -0.1) is 0 Å². The van der Waals surface area contributed by atoms with Gasteiger partial charge in [-0.2, -0.15) is 0 Å². The second-order valence-electron chi connectivity index (χ2n) is 3.54. The second kappa shape index (κ2) is 3.77. The molecule has 0 aromatic heterocycles. The largest absolute Gasteiger partial charge is 0.479 e. The molecule has 4 nitrogen and oxygen atoms in total. The zero-order chi connectivity index (χ0) is 9.90. The normalized spacial score (nSPS) is 32.8. The zero-order valence-corrected chi connectivity index (χ0v) is 7.75. The summed E-state index contributed by atoms with van der Waals surface area (Å²) in [6.07, 6.45) is 3.63. The molecule has 2 unspecified atom stereocenters. The Morgan fingerprint density at radius 1 is 1.77 bits per heavy atom. The Morgan fingerprint density at radius 2 is 2.46 bits per heavy atom. The predicted molar refractivity (Wildman–Crippen MR) is 47.2 cm³/mol. The van der Waals surface area contributed by atoms with Crippen LogP contribution in [0, 0.1) is 5.92 Å². The number of rotatable bonds is 4. The van der Waals surface area contributed by atoms with E-state index in [2.05, 4.69) is 5.32 Å². The molecule has 0 radical (unpaired) electrons. The number of carbonyl (C=O) groups excluding carboxylic acids is 1. The molecule has 2 N–H and O–H groups in total. The van der Waals surface area contributed by atoms with E-state index in [1.54, 1.807) is 0 Å². The van der Waals surface area contributed by atoms with E-state index >= 15 is 0 Å². The summed E-state index contributed by atoms with van der Waals surface area (Å²) in [5.74, 6) is -0.820. The molecule has 0 spiro atoms. The van der Waals surface area contributed by atoms with Gasteiger partial charge >= 0.3 is 5.97 Å². The molecule has 1 aliphatic carbocycles. The van der Waals surface area contributed by atoms with Crippen molar-refractivity contribution in [2.75, 3.05) is 0 Å². The average Bonchev–Trinajstić information content (AvgIpc) is 2.49. The maximum atomic E-state index is 11.1. The van der Waals surface area contributed by atoms with Crippen molar-refractivity contribution in [2.24, 2.45) is 5.92 Å². The fourth-order valence-corrected chi connectivity index (χ4v) is 2.27. The third-order valence-electron chi connectivity index (χ3n) is 3.01. The molecule has 2 atom stereocenters. The quantitative estimate of drug-likeness (QED) is 0.635. The molecule has 0 aliphatic heterocycles. The number of hydrogen-bond donors (Lipinski definition) is 2. The van der Waals surface area contributed by atoms with E-state index in [9.17, 15) is 9.59 Å². The number of carbonyl (C=O) groups is 2. The Labute approximate surface area is 77.3 Å². The van der Waals surface area contributed by atoms with Crippen molar-refractivity contribution in [3.8, 4) is 0 Å². The van der Waals surface area contributed by atoms with Crippen LogP contribution in [0.5, 0.6) is 0 Å². The summed E-state index contributed by atoms with van der Waals surface area (Å²) in [6.45, 7) is 1.96. The van der Waals surface area contributed by atoms with Crippen molar-refractivity contribution in [1.82, 2.24) is 5.32 Å². The van der Waals surface area contributed by atoms with Gasteiger partial charge in [0.1, 0.15) is 5.54 Å². The summed E-state index contributed by atoms with van der Waals surface area (Å²) in [7, 11) is 0. The Kier molecular flexibility index (Phi) is 2.90. The Bertz CT molecular complexity index is 217. The monoisotopic (exact) mass is 185 g/mol. The van der Waals surface area contributed by atoms with Crippen LogP contribution in [0.1, 0.15) is 32.6 Å². The molecule has 1 fully saturated rings. The summed E-state index contributed by atoms with van der Waals surface area (Å²) in [6, 6.07) is 0. The van der Waals surface area contributed by atoms with E-state index in [4.69, 9.17) is 5.11 Å². The molecule has 0 aromatic carbocycles. The molecule has 13 heavy (non-hydrogen) atoms.